The Morgan fingerprint density at radius 3 is 2.82 bits per heavy atom. The summed E-state index contributed by atoms with van der Waals surface area (Å²) in [5.41, 5.74) is -0.490. The Hall–Kier alpha value is -1.07. The number of nitrogens with one attached hydrogen (secondary N) is 1. The Balaban J connectivity index is 2.22. The maximum absolute atomic E-state index is 11.3. The molecular formula is C12H19NO3S. The molecule has 17 heavy (non-hydrogen) atoms. The number of hydrogen-bond donors (Lipinski definition) is 2. The van der Waals surface area contributed by atoms with Crippen LogP contribution in [0.25, 0.3) is 0 Å². The van der Waals surface area contributed by atoms with E-state index in [1.54, 1.807) is 0 Å². The zero-order valence-electron chi connectivity index (χ0n) is 10.4. The molecule has 1 aromatic rings. The molecule has 1 rings (SSSR count). The average Bonchev–Trinajstić information content (AvgIpc) is 2.66. The minimum atomic E-state index is -0.523. The molecule has 0 saturated heterocycles. The van der Waals surface area contributed by atoms with Crippen LogP contribution in [0, 0.1) is 0 Å². The van der Waals surface area contributed by atoms with E-state index in [2.05, 4.69) is 5.32 Å². The van der Waals surface area contributed by atoms with Gasteiger partial charge in [-0.3, -0.25) is 0 Å². The summed E-state index contributed by atoms with van der Waals surface area (Å²) in [6.07, 6.45) is -0.486. The van der Waals surface area contributed by atoms with E-state index in [9.17, 15) is 9.90 Å². The summed E-state index contributed by atoms with van der Waals surface area (Å²) in [6, 6.07) is 3.77. The molecule has 1 amide bonds. The number of ether oxygens (including phenoxy) is 1. The fourth-order valence-electron chi connectivity index (χ4n) is 1.25. The second kappa shape index (κ2) is 6.02. The number of aliphatic hydroxyl groups excluding tert-OH is 1. The van der Waals surface area contributed by atoms with Gasteiger partial charge in [-0.25, -0.2) is 4.79 Å². The first-order chi connectivity index (χ1) is 7.88. The molecule has 0 spiro atoms. The molecule has 1 atom stereocenters. The van der Waals surface area contributed by atoms with Crippen molar-refractivity contribution < 1.29 is 14.6 Å². The molecule has 0 aliphatic heterocycles. The van der Waals surface area contributed by atoms with E-state index >= 15 is 0 Å². The number of carbonyl (C=O) groups excluding carboxylic acids is 1. The van der Waals surface area contributed by atoms with Crippen molar-refractivity contribution >= 4 is 17.4 Å². The largest absolute Gasteiger partial charge is 0.444 e. The van der Waals surface area contributed by atoms with Crippen molar-refractivity contribution in [3.05, 3.63) is 22.4 Å². The van der Waals surface area contributed by atoms with Crippen LogP contribution in [0.2, 0.25) is 0 Å². The number of thiophene rings is 1. The van der Waals surface area contributed by atoms with Crippen LogP contribution in [-0.2, 0) is 4.74 Å². The smallest absolute Gasteiger partial charge is 0.407 e. The normalized spacial score (nSPS) is 13.2. The Morgan fingerprint density at radius 2 is 2.29 bits per heavy atom. The molecule has 1 aromatic heterocycles. The molecule has 0 aliphatic carbocycles. The van der Waals surface area contributed by atoms with E-state index in [4.69, 9.17) is 4.74 Å². The van der Waals surface area contributed by atoms with Crippen molar-refractivity contribution in [2.45, 2.75) is 38.9 Å². The van der Waals surface area contributed by atoms with Crippen molar-refractivity contribution in [1.29, 1.82) is 0 Å². The number of aliphatic hydroxyl groups is 1. The van der Waals surface area contributed by atoms with Gasteiger partial charge in [0.25, 0.3) is 0 Å². The summed E-state index contributed by atoms with van der Waals surface area (Å²) in [6.45, 7) is 5.83. The number of hydrogen-bond acceptors (Lipinski definition) is 4. The highest BCUT2D eigenvalue weighted by molar-refractivity contribution is 7.10. The van der Waals surface area contributed by atoms with Crippen LogP contribution >= 0.6 is 11.3 Å². The third-order valence-electron chi connectivity index (χ3n) is 1.96. The van der Waals surface area contributed by atoms with Crippen molar-refractivity contribution in [2.24, 2.45) is 0 Å². The first-order valence-corrected chi connectivity index (χ1v) is 6.45. The zero-order chi connectivity index (χ0) is 12.9. The molecule has 0 aromatic carbocycles. The Bertz CT molecular complexity index is 343. The third-order valence-corrected chi connectivity index (χ3v) is 2.93. The number of rotatable bonds is 4. The molecule has 0 saturated carbocycles. The average molecular weight is 257 g/mol. The third kappa shape index (κ3) is 5.70. The lowest BCUT2D eigenvalue weighted by molar-refractivity contribution is 0.0518. The van der Waals surface area contributed by atoms with Gasteiger partial charge in [-0.2, -0.15) is 0 Å². The molecule has 2 N–H and O–H groups in total. The van der Waals surface area contributed by atoms with Gasteiger partial charge in [0.05, 0.1) is 6.10 Å². The summed E-state index contributed by atoms with van der Waals surface area (Å²) in [7, 11) is 0. The molecule has 0 fully saturated rings. The van der Waals surface area contributed by atoms with E-state index in [-0.39, 0.29) is 0 Å². The van der Waals surface area contributed by atoms with Gasteiger partial charge < -0.3 is 15.2 Å². The monoisotopic (exact) mass is 257 g/mol. The van der Waals surface area contributed by atoms with E-state index in [0.717, 1.165) is 4.88 Å². The van der Waals surface area contributed by atoms with Gasteiger partial charge in [0, 0.05) is 11.4 Å². The van der Waals surface area contributed by atoms with Gasteiger partial charge in [0.2, 0.25) is 0 Å². The Morgan fingerprint density at radius 1 is 1.59 bits per heavy atom. The van der Waals surface area contributed by atoms with Crippen molar-refractivity contribution in [2.75, 3.05) is 6.54 Å². The van der Waals surface area contributed by atoms with E-state index in [1.165, 1.54) is 11.3 Å². The lowest BCUT2D eigenvalue weighted by Crippen LogP contribution is -2.33. The molecule has 0 bridgehead atoms. The molecule has 5 heteroatoms. The van der Waals surface area contributed by atoms with Gasteiger partial charge in [-0.05, 0) is 38.6 Å². The topological polar surface area (TPSA) is 58.6 Å². The summed E-state index contributed by atoms with van der Waals surface area (Å²) in [5.74, 6) is 0. The molecule has 0 radical (unpaired) electrons. The summed E-state index contributed by atoms with van der Waals surface area (Å²) in [5, 5.41) is 14.3. The highest BCUT2D eigenvalue weighted by atomic mass is 32.1. The van der Waals surface area contributed by atoms with Crippen LogP contribution in [0.1, 0.15) is 38.2 Å². The number of alkyl carbamates (subject to hydrolysis) is 1. The predicted octanol–water partition coefficient (Wildman–Crippen LogP) is 2.70. The number of amides is 1. The van der Waals surface area contributed by atoms with Gasteiger partial charge in [0.15, 0.2) is 0 Å². The molecular weight excluding hydrogens is 238 g/mol. The molecule has 1 heterocycles. The van der Waals surface area contributed by atoms with Crippen molar-refractivity contribution in [1.82, 2.24) is 5.32 Å². The summed E-state index contributed by atoms with van der Waals surface area (Å²) >= 11 is 1.51. The standard InChI is InChI=1S/C12H19NO3S/c1-12(2,3)16-11(15)13-7-6-9(14)10-5-4-8-17-10/h4-5,8-9,14H,6-7H2,1-3H3,(H,13,15)/t9-/m0/s1. The first kappa shape index (κ1) is 14.0. The van der Waals surface area contributed by atoms with Crippen LogP contribution in [0.3, 0.4) is 0 Å². The molecule has 0 aliphatic rings. The van der Waals surface area contributed by atoms with Crippen LogP contribution in [-0.4, -0.2) is 23.3 Å². The fourth-order valence-corrected chi connectivity index (χ4v) is 1.99. The molecule has 0 unspecified atom stereocenters. The van der Waals surface area contributed by atoms with E-state index in [0.29, 0.717) is 13.0 Å². The second-order valence-corrected chi connectivity index (χ2v) is 5.73. The minimum absolute atomic E-state index is 0.397. The van der Waals surface area contributed by atoms with Crippen LogP contribution in [0.4, 0.5) is 4.79 Å². The van der Waals surface area contributed by atoms with Gasteiger partial charge in [-0.1, -0.05) is 6.07 Å². The Kier molecular flexibility index (Phi) is 4.96. The highest BCUT2D eigenvalue weighted by Gasteiger charge is 2.16. The Labute approximate surface area is 106 Å². The maximum Gasteiger partial charge on any atom is 0.407 e. The fraction of sp³-hybridized carbons (Fsp3) is 0.583. The zero-order valence-corrected chi connectivity index (χ0v) is 11.2. The van der Waals surface area contributed by atoms with Crippen molar-refractivity contribution in [3.63, 3.8) is 0 Å². The SMILES string of the molecule is CC(C)(C)OC(=O)NCC[C@H](O)c1cccs1. The molecule has 96 valence electrons. The van der Waals surface area contributed by atoms with E-state index < -0.39 is 17.8 Å². The quantitative estimate of drug-likeness (QED) is 0.872. The van der Waals surface area contributed by atoms with Crippen LogP contribution in [0.15, 0.2) is 17.5 Å². The second-order valence-electron chi connectivity index (χ2n) is 4.75. The first-order valence-electron chi connectivity index (χ1n) is 5.57. The lowest BCUT2D eigenvalue weighted by atomic mass is 10.2. The minimum Gasteiger partial charge on any atom is -0.444 e. The van der Waals surface area contributed by atoms with Crippen molar-refractivity contribution in [3.8, 4) is 0 Å². The molecule has 4 nitrogen and oxygen atoms in total. The number of carbonyl (C=O) groups is 1. The van der Waals surface area contributed by atoms with Gasteiger partial charge >= 0.3 is 6.09 Å². The van der Waals surface area contributed by atoms with Gasteiger partial charge in [-0.15, -0.1) is 11.3 Å². The predicted molar refractivity (Wildman–Crippen MR) is 68.1 cm³/mol. The van der Waals surface area contributed by atoms with Crippen LogP contribution < -0.4 is 5.32 Å². The maximum atomic E-state index is 11.3. The van der Waals surface area contributed by atoms with Crippen LogP contribution in [0.5, 0.6) is 0 Å². The summed E-state index contributed by atoms with van der Waals surface area (Å²) in [4.78, 5) is 12.2. The summed E-state index contributed by atoms with van der Waals surface area (Å²) < 4.78 is 5.08. The lowest BCUT2D eigenvalue weighted by Gasteiger charge is -2.20. The van der Waals surface area contributed by atoms with Gasteiger partial charge in [0.1, 0.15) is 5.60 Å². The van der Waals surface area contributed by atoms with E-state index in [1.807, 2.05) is 38.3 Å². The highest BCUT2D eigenvalue weighted by Crippen LogP contribution is 2.20.